The van der Waals surface area contributed by atoms with Gasteiger partial charge in [0.15, 0.2) is 10.9 Å². The predicted octanol–water partition coefficient (Wildman–Crippen LogP) is 2.91. The van der Waals surface area contributed by atoms with E-state index in [0.29, 0.717) is 30.5 Å². The molecule has 0 aromatic carbocycles. The number of oxazole rings is 1. The van der Waals surface area contributed by atoms with E-state index in [0.717, 1.165) is 40.4 Å². The van der Waals surface area contributed by atoms with Crippen molar-refractivity contribution in [2.24, 2.45) is 10.7 Å². The summed E-state index contributed by atoms with van der Waals surface area (Å²) in [6.07, 6.45) is 8.54. The smallest absolute Gasteiger partial charge is 0.230 e. The number of ether oxygens (including phenoxy) is 2. The normalized spacial score (nSPS) is 20.1. The second-order valence-electron chi connectivity index (χ2n) is 6.67. The molecule has 3 aliphatic rings. The summed E-state index contributed by atoms with van der Waals surface area (Å²) < 4.78 is 18.9. The zero-order chi connectivity index (χ0) is 19.8. The molecule has 150 valence electrons. The van der Waals surface area contributed by atoms with E-state index in [1.54, 1.807) is 24.2 Å². The first kappa shape index (κ1) is 17.9. The Balaban J connectivity index is 1.54. The number of hydrogen-bond acceptors (Lipinski definition) is 9. The zero-order valence-electron chi connectivity index (χ0n) is 15.6. The van der Waals surface area contributed by atoms with E-state index in [9.17, 15) is 0 Å². The van der Waals surface area contributed by atoms with E-state index in [2.05, 4.69) is 26.4 Å². The molecule has 2 aliphatic heterocycles. The van der Waals surface area contributed by atoms with Gasteiger partial charge in [-0.25, -0.2) is 15.0 Å². The topological polar surface area (TPSA) is 113 Å². The van der Waals surface area contributed by atoms with Crippen LogP contribution < -0.4 is 11.1 Å². The van der Waals surface area contributed by atoms with Crippen molar-refractivity contribution in [3.05, 3.63) is 59.2 Å². The number of aliphatic imine (C=N–C) groups is 1. The van der Waals surface area contributed by atoms with E-state index >= 15 is 0 Å². The molecule has 0 bridgehead atoms. The van der Waals surface area contributed by atoms with Gasteiger partial charge in [0, 0.05) is 17.9 Å². The number of allylic oxidation sites excluding steroid dienone is 4. The highest BCUT2D eigenvalue weighted by atomic mass is 32.2. The van der Waals surface area contributed by atoms with Crippen molar-refractivity contribution in [3.63, 3.8) is 0 Å². The van der Waals surface area contributed by atoms with Crippen molar-refractivity contribution in [3.8, 4) is 0 Å². The van der Waals surface area contributed by atoms with Crippen LogP contribution in [0, 0.1) is 0 Å². The molecule has 0 spiro atoms. The predicted molar refractivity (Wildman–Crippen MR) is 108 cm³/mol. The fraction of sp³-hybridized carbons (Fsp3) is 0.316. The summed E-state index contributed by atoms with van der Waals surface area (Å²) in [5.74, 6) is 3.46. The van der Waals surface area contributed by atoms with Crippen molar-refractivity contribution < 1.29 is 13.9 Å². The van der Waals surface area contributed by atoms with Crippen LogP contribution in [0.2, 0.25) is 0 Å². The van der Waals surface area contributed by atoms with Crippen LogP contribution in [0.15, 0.2) is 62.2 Å². The Morgan fingerprint density at radius 3 is 3.17 bits per heavy atom. The van der Waals surface area contributed by atoms with Gasteiger partial charge in [-0.05, 0) is 12.5 Å². The molecule has 4 heterocycles. The lowest BCUT2D eigenvalue weighted by Crippen LogP contribution is -2.23. The van der Waals surface area contributed by atoms with Crippen molar-refractivity contribution >= 4 is 23.4 Å². The molecule has 5 rings (SSSR count). The van der Waals surface area contributed by atoms with Crippen LogP contribution in [0.1, 0.15) is 30.3 Å². The summed E-state index contributed by atoms with van der Waals surface area (Å²) in [5.41, 5.74) is 6.76. The number of amidine groups is 1. The maximum Gasteiger partial charge on any atom is 0.230 e. The van der Waals surface area contributed by atoms with Crippen LogP contribution in [-0.4, -0.2) is 33.8 Å². The van der Waals surface area contributed by atoms with E-state index in [1.165, 1.54) is 0 Å². The fourth-order valence-corrected chi connectivity index (χ4v) is 4.64. The van der Waals surface area contributed by atoms with Crippen molar-refractivity contribution in [2.75, 3.05) is 18.8 Å². The van der Waals surface area contributed by atoms with Crippen molar-refractivity contribution in [2.45, 2.75) is 30.5 Å². The Morgan fingerprint density at radius 2 is 2.34 bits per heavy atom. The largest absolute Gasteiger partial charge is 0.458 e. The summed E-state index contributed by atoms with van der Waals surface area (Å²) in [5, 5.41) is 4.10. The molecule has 2 aromatic rings. The number of nitrogens with one attached hydrogen (secondary N) is 1. The van der Waals surface area contributed by atoms with Gasteiger partial charge in [0.1, 0.15) is 36.0 Å². The monoisotopic (exact) mass is 412 g/mol. The van der Waals surface area contributed by atoms with Crippen molar-refractivity contribution in [1.29, 1.82) is 0 Å². The van der Waals surface area contributed by atoms with Gasteiger partial charge in [0.2, 0.25) is 12.7 Å². The lowest BCUT2D eigenvalue weighted by molar-refractivity contribution is 0.0723. The fourth-order valence-electron chi connectivity index (χ4n) is 3.51. The van der Waals surface area contributed by atoms with Gasteiger partial charge in [-0.15, -0.1) is 6.58 Å². The minimum Gasteiger partial charge on any atom is -0.458 e. The zero-order valence-corrected chi connectivity index (χ0v) is 16.4. The van der Waals surface area contributed by atoms with Crippen LogP contribution in [0.5, 0.6) is 0 Å². The molecule has 0 radical (unpaired) electrons. The molecule has 9 nitrogen and oxygen atoms in total. The first-order chi connectivity index (χ1) is 14.2. The van der Waals surface area contributed by atoms with Gasteiger partial charge in [0.25, 0.3) is 0 Å². The Bertz CT molecular complexity index is 1040. The Morgan fingerprint density at radius 1 is 1.41 bits per heavy atom. The van der Waals surface area contributed by atoms with Crippen LogP contribution in [0.25, 0.3) is 0 Å². The molecule has 3 N–H and O–H groups in total. The molecular weight excluding hydrogens is 392 g/mol. The summed E-state index contributed by atoms with van der Waals surface area (Å²) in [6, 6.07) is 0. The number of nitrogens with zero attached hydrogens (tertiary/aromatic N) is 4. The third-order valence-electron chi connectivity index (χ3n) is 4.92. The van der Waals surface area contributed by atoms with Gasteiger partial charge in [-0.2, -0.15) is 0 Å². The van der Waals surface area contributed by atoms with Gasteiger partial charge >= 0.3 is 0 Å². The van der Waals surface area contributed by atoms with E-state index < -0.39 is 0 Å². The van der Waals surface area contributed by atoms with E-state index in [4.69, 9.17) is 24.6 Å². The molecule has 0 amide bonds. The quantitative estimate of drug-likeness (QED) is 0.697. The first-order valence-electron chi connectivity index (χ1n) is 9.27. The van der Waals surface area contributed by atoms with Crippen LogP contribution in [0.4, 0.5) is 5.82 Å². The van der Waals surface area contributed by atoms with E-state index in [1.807, 2.05) is 12.2 Å². The minimum absolute atomic E-state index is 0.0731. The van der Waals surface area contributed by atoms with Gasteiger partial charge in [-0.3, -0.25) is 0 Å². The molecule has 1 unspecified atom stereocenters. The Kier molecular flexibility index (Phi) is 4.55. The molecule has 2 aromatic heterocycles. The summed E-state index contributed by atoms with van der Waals surface area (Å²) in [6.45, 7) is 5.24. The number of nitrogens with two attached hydrogens (primary N) is 1. The van der Waals surface area contributed by atoms with Crippen molar-refractivity contribution in [1.82, 2.24) is 14.5 Å². The highest BCUT2D eigenvalue weighted by Gasteiger charge is 2.34. The highest BCUT2D eigenvalue weighted by Crippen LogP contribution is 2.46. The van der Waals surface area contributed by atoms with Gasteiger partial charge in [-0.1, -0.05) is 17.8 Å². The van der Waals surface area contributed by atoms with Crippen LogP contribution in [-0.2, 0) is 16.0 Å². The van der Waals surface area contributed by atoms with Gasteiger partial charge in [0.05, 0.1) is 12.1 Å². The summed E-state index contributed by atoms with van der Waals surface area (Å²) in [7, 11) is 0. The van der Waals surface area contributed by atoms with Crippen LogP contribution in [0.3, 0.4) is 0 Å². The van der Waals surface area contributed by atoms with Gasteiger partial charge < -0.3 is 29.5 Å². The average molecular weight is 412 g/mol. The van der Waals surface area contributed by atoms with Crippen LogP contribution >= 0.6 is 11.8 Å². The average Bonchev–Trinajstić information content (AvgIpc) is 3.46. The summed E-state index contributed by atoms with van der Waals surface area (Å²) in [4.78, 5) is 14.4. The maximum absolute atomic E-state index is 6.09. The maximum atomic E-state index is 6.09. The summed E-state index contributed by atoms with van der Waals surface area (Å²) >= 11 is 1.55. The molecule has 10 heteroatoms. The highest BCUT2D eigenvalue weighted by molar-refractivity contribution is 8.03. The van der Waals surface area contributed by atoms with E-state index in [-0.39, 0.29) is 12.7 Å². The number of rotatable bonds is 6. The number of aromatic nitrogens is 3. The molecule has 0 saturated carbocycles. The number of anilines is 1. The first-order valence-corrected chi connectivity index (χ1v) is 10.1. The molecule has 0 fully saturated rings. The lowest BCUT2D eigenvalue weighted by atomic mass is 9.98. The number of hydrogen-bond donors (Lipinski definition) is 2. The minimum atomic E-state index is -0.0731. The molecule has 1 aliphatic carbocycles. The number of thioether (sulfide) groups is 1. The molecular formula is C19H20N6O3S. The number of imidazole rings is 1. The molecule has 0 saturated heterocycles. The number of fused-ring (bicyclic) bond motifs is 1. The second kappa shape index (κ2) is 7.36. The molecule has 1 atom stereocenters. The third kappa shape index (κ3) is 3.19. The third-order valence-corrected chi connectivity index (χ3v) is 6.05. The molecule has 29 heavy (non-hydrogen) atoms. The lowest BCUT2D eigenvalue weighted by Gasteiger charge is -2.21. The Hall–Kier alpha value is -3.14. The SMILES string of the molecule is C=CCCn1c(SC2=CC3=C(CC2c2ncco2)OCO3)nc2c1NCN=C2N. The Labute approximate surface area is 171 Å². The second-order valence-corrected chi connectivity index (χ2v) is 7.71. The standard InChI is InChI=1S/C19H20N6O3S/c1-2-3-5-25-17-15(16(20)22-9-23-17)24-19(25)29-14-8-13-12(27-10-28-13)7-11(14)18-21-4-6-26-18/h2,4,6,8,11,23H,1,3,5,7,9-10H2,(H2,20,22).